The maximum absolute atomic E-state index is 11.9. The van der Waals surface area contributed by atoms with E-state index in [9.17, 15) is 8.42 Å². The van der Waals surface area contributed by atoms with Gasteiger partial charge in [-0.2, -0.15) is 4.31 Å². The Morgan fingerprint density at radius 1 is 0.494 bits per heavy atom. The highest BCUT2D eigenvalue weighted by atomic mass is 35.5. The van der Waals surface area contributed by atoms with E-state index in [4.69, 9.17) is 26.6 Å². The Bertz CT molecular complexity index is 4950. The first kappa shape index (κ1) is 57.3. The van der Waals surface area contributed by atoms with Crippen LogP contribution in [0.25, 0.3) is 88.3 Å². The molecule has 24 nitrogen and oxygen atoms in total. The van der Waals surface area contributed by atoms with Crippen molar-refractivity contribution in [1.29, 1.82) is 0 Å². The molecule has 444 valence electrons. The monoisotopic (exact) mass is 1220 g/mol. The molecule has 14 aromatic rings. The number of anilines is 4. The summed E-state index contributed by atoms with van der Waals surface area (Å²) in [6.07, 6.45) is 17.7. The van der Waals surface area contributed by atoms with Crippen molar-refractivity contribution in [2.75, 3.05) is 53.3 Å². The van der Waals surface area contributed by atoms with E-state index >= 15 is 0 Å². The quantitative estimate of drug-likeness (QED) is 0.0625. The summed E-state index contributed by atoms with van der Waals surface area (Å²) in [5, 5.41) is 17.2. The number of hydrogen-bond donors (Lipinski definition) is 6. The van der Waals surface area contributed by atoms with E-state index in [0.717, 1.165) is 94.3 Å². The van der Waals surface area contributed by atoms with Gasteiger partial charge in [0.2, 0.25) is 10.0 Å². The lowest BCUT2D eigenvalue weighted by Crippen LogP contribution is -2.48. The maximum Gasteiger partial charge on any atom is 0.211 e. The molecule has 0 aliphatic carbocycles. The van der Waals surface area contributed by atoms with Crippen LogP contribution in [0.1, 0.15) is 56.0 Å². The molecule has 1 fully saturated rings. The highest BCUT2D eigenvalue weighted by Gasteiger charge is 2.27. The average Bonchev–Trinajstić information content (AvgIpc) is 3.70. The molecular weight excluding hydrogens is 1160 g/mol. The fourth-order valence-corrected chi connectivity index (χ4v) is 11.8. The molecule has 12 heterocycles. The number of H-pyrrole nitrogens is 3. The van der Waals surface area contributed by atoms with Gasteiger partial charge in [-0.1, -0.05) is 72.3 Å². The van der Waals surface area contributed by atoms with Crippen LogP contribution in [0.4, 0.5) is 23.3 Å². The molecule has 1 saturated heterocycles. The lowest BCUT2D eigenvalue weighted by Gasteiger charge is -2.35. The van der Waals surface area contributed by atoms with Crippen molar-refractivity contribution in [3.8, 4) is 22.5 Å². The number of imidazole rings is 3. The molecule has 11 aromatic heterocycles. The summed E-state index contributed by atoms with van der Waals surface area (Å²) in [6.45, 7) is 8.22. The molecule has 89 heavy (non-hydrogen) atoms. The zero-order chi connectivity index (χ0) is 61.0. The van der Waals surface area contributed by atoms with Gasteiger partial charge in [0.1, 0.15) is 41.3 Å². The van der Waals surface area contributed by atoms with Crippen LogP contribution in [-0.2, 0) is 10.0 Å². The predicted octanol–water partition coefficient (Wildman–Crippen LogP) is 11.1. The highest BCUT2D eigenvalue weighted by molar-refractivity contribution is 7.88. The molecule has 3 atom stereocenters. The van der Waals surface area contributed by atoms with Gasteiger partial charge >= 0.3 is 0 Å². The molecule has 3 aromatic carbocycles. The van der Waals surface area contributed by atoms with E-state index in [-0.39, 0.29) is 18.1 Å². The van der Waals surface area contributed by atoms with Gasteiger partial charge in [-0.3, -0.25) is 9.97 Å². The summed E-state index contributed by atoms with van der Waals surface area (Å²) in [7, 11) is -3.19. The largest absolute Gasteiger partial charge is 0.360 e. The van der Waals surface area contributed by atoms with Crippen LogP contribution in [0.5, 0.6) is 0 Å². The minimum absolute atomic E-state index is 0.0681. The summed E-state index contributed by atoms with van der Waals surface area (Å²) in [5.74, 6) is 2.91. The molecule has 26 heteroatoms. The molecule has 0 bridgehead atoms. The number of piperazine rings is 1. The zero-order valence-corrected chi connectivity index (χ0v) is 50.1. The van der Waals surface area contributed by atoms with Crippen molar-refractivity contribution in [3.05, 3.63) is 194 Å². The molecule has 1 aliphatic rings. The molecule has 6 N–H and O–H groups in total. The predicted molar refractivity (Wildman–Crippen MR) is 346 cm³/mol. The summed E-state index contributed by atoms with van der Waals surface area (Å²) in [4.78, 5) is 72.9. The summed E-state index contributed by atoms with van der Waals surface area (Å²) in [6, 6.07) is 36.0. The fourth-order valence-electron chi connectivity index (χ4n) is 10.7. The Kier molecular flexibility index (Phi) is 16.0. The first-order valence-corrected chi connectivity index (χ1v) is 30.7. The minimum atomic E-state index is -3.19. The van der Waals surface area contributed by atoms with Crippen molar-refractivity contribution < 1.29 is 8.42 Å². The van der Waals surface area contributed by atoms with E-state index < -0.39 is 10.0 Å². The normalized spacial score (nSPS) is 13.8. The standard InChI is InChI=1S/C21H16ClN7.C21H24N8O2S.C21H17N7/c1-12(28-21-19-20(25-10-24-19)26-11-27-21)16-8-13-4-2-6-15(22)17(13)18(29-16)14-5-3-7-23-9-14;1-14(26-20-18-19(23-12-22-18)24-13-25-20)17-11-15-5-3-4-6-16(15)21(27-17)28-7-9-29(10-8-28)32(2,30)31;1-13(27-21-19-20(24-11-23-19)25-12-26-21)17-9-14-5-2-3-7-16(14)18(28-17)15-6-4-8-22-10-15/h2-12H,1H3,(H2,24,25,26,27,28);3-6,11-14H,7-10H2,1-2H3,(H2,22,23,24,25,26);2-13H,1H3,(H2,23,24,25,26,27)/t12-;14-;13-/m000/s1. The van der Waals surface area contributed by atoms with Gasteiger partial charge < -0.3 is 35.8 Å². The van der Waals surface area contributed by atoms with Crippen LogP contribution in [0.15, 0.2) is 172 Å². The number of nitrogens with zero attached hydrogens (tertiary/aromatic N) is 16. The Hall–Kier alpha value is -10.8. The third-order valence-corrected chi connectivity index (χ3v) is 16.9. The Balaban J connectivity index is 0.000000123. The van der Waals surface area contributed by atoms with Crippen LogP contribution in [-0.4, -0.2) is 130 Å². The van der Waals surface area contributed by atoms with Crippen molar-refractivity contribution in [1.82, 2.24) is 89.0 Å². The molecule has 15 rings (SSSR count). The smallest absolute Gasteiger partial charge is 0.211 e. The van der Waals surface area contributed by atoms with Crippen LogP contribution in [0.2, 0.25) is 5.02 Å². The van der Waals surface area contributed by atoms with Crippen LogP contribution >= 0.6 is 11.6 Å². The van der Waals surface area contributed by atoms with Crippen molar-refractivity contribution in [3.63, 3.8) is 0 Å². The second kappa shape index (κ2) is 24.9. The summed E-state index contributed by atoms with van der Waals surface area (Å²) >= 11 is 6.52. The summed E-state index contributed by atoms with van der Waals surface area (Å²) < 4.78 is 25.3. The van der Waals surface area contributed by atoms with Crippen molar-refractivity contribution >= 4 is 111 Å². The van der Waals surface area contributed by atoms with Crippen LogP contribution in [0.3, 0.4) is 0 Å². The minimum Gasteiger partial charge on any atom is -0.360 e. The van der Waals surface area contributed by atoms with E-state index in [1.54, 1.807) is 37.6 Å². The number of hydrogen-bond acceptors (Lipinski definition) is 20. The third kappa shape index (κ3) is 12.2. The van der Waals surface area contributed by atoms with E-state index in [1.165, 1.54) is 29.5 Å². The van der Waals surface area contributed by atoms with E-state index in [0.29, 0.717) is 65.6 Å². The topological polar surface area (TPSA) is 305 Å². The van der Waals surface area contributed by atoms with E-state index in [2.05, 4.69) is 134 Å². The van der Waals surface area contributed by atoms with Gasteiger partial charge in [-0.25, -0.2) is 68.2 Å². The van der Waals surface area contributed by atoms with Gasteiger partial charge in [0.25, 0.3) is 0 Å². The Morgan fingerprint density at radius 3 is 1.45 bits per heavy atom. The van der Waals surface area contributed by atoms with Gasteiger partial charge in [0.15, 0.2) is 34.4 Å². The molecular formula is C63H57ClN22O2S. The maximum atomic E-state index is 11.9. The van der Waals surface area contributed by atoms with Crippen molar-refractivity contribution in [2.45, 2.75) is 38.9 Å². The van der Waals surface area contributed by atoms with Crippen LogP contribution < -0.4 is 20.9 Å². The number of fused-ring (bicyclic) bond motifs is 6. The third-order valence-electron chi connectivity index (χ3n) is 15.3. The number of aromatic amines is 3. The molecule has 1 aliphatic heterocycles. The van der Waals surface area contributed by atoms with Gasteiger partial charge in [-0.05, 0) is 85.5 Å². The molecule has 0 saturated carbocycles. The number of aromatic nitrogens is 17. The SMILES string of the molecule is C[C@H](Nc1ncnc2nc[nH]c12)c1cc2cccc(Cl)c2c(-c2cccnc2)n1.C[C@H](Nc1ncnc2nc[nH]c12)c1cc2ccccc2c(-c2cccnc2)n1.C[C@H](Nc1ncnc2nc[nH]c12)c1cc2ccccc2c(N2CCN(S(C)(=O)=O)CC2)n1. The van der Waals surface area contributed by atoms with Crippen molar-refractivity contribution in [2.24, 2.45) is 0 Å². The van der Waals surface area contributed by atoms with Gasteiger partial charge in [-0.15, -0.1) is 0 Å². The van der Waals surface area contributed by atoms with Gasteiger partial charge in [0, 0.05) is 78.3 Å². The second-order valence-electron chi connectivity index (χ2n) is 21.1. The van der Waals surface area contributed by atoms with E-state index in [1.807, 2.05) is 92.8 Å². The second-order valence-corrected chi connectivity index (χ2v) is 23.5. The Labute approximate surface area is 514 Å². The average molecular weight is 1220 g/mol. The highest BCUT2D eigenvalue weighted by Crippen LogP contribution is 2.36. The number of halogens is 1. The lowest BCUT2D eigenvalue weighted by atomic mass is 10.0. The van der Waals surface area contributed by atoms with Gasteiger partial charge in [0.05, 0.1) is 76.9 Å². The number of nitrogens with one attached hydrogen (secondary N) is 6. The first-order chi connectivity index (χ1) is 43.4. The first-order valence-electron chi connectivity index (χ1n) is 28.5. The molecule has 0 radical (unpaired) electrons. The fraction of sp³-hybridized carbons (Fsp3) is 0.175. The molecule has 0 amide bonds. The number of rotatable bonds is 13. The number of sulfonamides is 1. The zero-order valence-electron chi connectivity index (χ0n) is 48.5. The number of benzene rings is 3. The lowest BCUT2D eigenvalue weighted by molar-refractivity contribution is 0.387. The summed E-state index contributed by atoms with van der Waals surface area (Å²) in [5.41, 5.74) is 10.4. The molecule has 0 spiro atoms. The van der Waals surface area contributed by atoms with Crippen LogP contribution in [0, 0.1) is 0 Å². The Morgan fingerprint density at radius 2 is 0.944 bits per heavy atom. The number of pyridine rings is 5. The molecule has 0 unspecified atom stereocenters.